The Kier molecular flexibility index (Phi) is 8.02. The maximum Gasteiger partial charge on any atom is 0.275 e. The Morgan fingerprint density at radius 1 is 1.23 bits per heavy atom. The van der Waals surface area contributed by atoms with Crippen molar-refractivity contribution in [1.82, 2.24) is 9.62 Å². The molecule has 1 amide bonds. The van der Waals surface area contributed by atoms with Crippen molar-refractivity contribution in [2.24, 2.45) is 0 Å². The van der Waals surface area contributed by atoms with Gasteiger partial charge in [0.05, 0.1) is 37.2 Å². The summed E-state index contributed by atoms with van der Waals surface area (Å²) in [6.45, 7) is 7.73. The van der Waals surface area contributed by atoms with Crippen LogP contribution < -0.4 is 10.2 Å². The fourth-order valence-corrected chi connectivity index (χ4v) is 4.33. The molecule has 1 aromatic rings. The van der Waals surface area contributed by atoms with Gasteiger partial charge in [0.2, 0.25) is 10.0 Å². The summed E-state index contributed by atoms with van der Waals surface area (Å²) in [6.07, 6.45) is 1.00. The Bertz CT molecular complexity index is 656. The van der Waals surface area contributed by atoms with Gasteiger partial charge in [-0.25, -0.2) is 8.42 Å². The Labute approximate surface area is 156 Å². The van der Waals surface area contributed by atoms with E-state index in [0.29, 0.717) is 50.8 Å². The zero-order chi connectivity index (χ0) is 19.0. The van der Waals surface area contributed by atoms with Gasteiger partial charge in [-0.2, -0.15) is 4.31 Å². The van der Waals surface area contributed by atoms with Gasteiger partial charge in [-0.3, -0.25) is 4.79 Å². The molecule has 7 nitrogen and oxygen atoms in total. The average Bonchev–Trinajstić information content (AvgIpc) is 2.62. The number of amides is 1. The molecule has 8 heteroatoms. The van der Waals surface area contributed by atoms with E-state index in [1.165, 1.54) is 4.31 Å². The lowest BCUT2D eigenvalue weighted by molar-refractivity contribution is -0.895. The number of benzene rings is 1. The number of sulfonamides is 1. The summed E-state index contributed by atoms with van der Waals surface area (Å²) in [6, 6.07) is 8.49. The summed E-state index contributed by atoms with van der Waals surface area (Å²) in [5.41, 5.74) is 0. The van der Waals surface area contributed by atoms with Crippen LogP contribution in [0.4, 0.5) is 0 Å². The second-order valence-corrected chi connectivity index (χ2v) is 8.70. The van der Waals surface area contributed by atoms with Crippen LogP contribution in [0.3, 0.4) is 0 Å². The number of quaternary nitrogens is 1. The van der Waals surface area contributed by atoms with Crippen LogP contribution in [0.25, 0.3) is 0 Å². The molecule has 2 rings (SSSR count). The smallest absolute Gasteiger partial charge is 0.275 e. The van der Waals surface area contributed by atoms with Crippen LogP contribution in [0.1, 0.15) is 20.3 Å². The Balaban J connectivity index is 1.71. The van der Waals surface area contributed by atoms with Crippen molar-refractivity contribution in [3.05, 3.63) is 30.3 Å². The summed E-state index contributed by atoms with van der Waals surface area (Å²) in [5, 5.41) is 2.90. The van der Waals surface area contributed by atoms with Gasteiger partial charge in [-0.15, -0.1) is 0 Å². The van der Waals surface area contributed by atoms with Crippen molar-refractivity contribution in [3.8, 4) is 0 Å². The molecule has 0 unspecified atom stereocenters. The van der Waals surface area contributed by atoms with Gasteiger partial charge in [-0.05, 0) is 32.4 Å². The fourth-order valence-electron chi connectivity index (χ4n) is 2.87. The van der Waals surface area contributed by atoms with E-state index in [2.05, 4.69) is 5.32 Å². The van der Waals surface area contributed by atoms with E-state index in [1.54, 1.807) is 30.3 Å². The third kappa shape index (κ3) is 6.35. The highest BCUT2D eigenvalue weighted by Crippen LogP contribution is 2.14. The summed E-state index contributed by atoms with van der Waals surface area (Å²) < 4.78 is 32.1. The maximum absolute atomic E-state index is 12.6. The third-order valence-electron chi connectivity index (χ3n) is 4.32. The predicted molar refractivity (Wildman–Crippen MR) is 99.5 cm³/mol. The predicted octanol–water partition coefficient (Wildman–Crippen LogP) is -0.493. The van der Waals surface area contributed by atoms with Crippen LogP contribution in [0, 0.1) is 0 Å². The number of nitrogens with zero attached hydrogens (tertiary/aromatic N) is 1. The molecule has 1 fully saturated rings. The zero-order valence-electron chi connectivity index (χ0n) is 15.6. The van der Waals surface area contributed by atoms with Gasteiger partial charge in [-0.1, -0.05) is 18.2 Å². The van der Waals surface area contributed by atoms with Crippen LogP contribution in [0.5, 0.6) is 0 Å². The number of hydrogen-bond acceptors (Lipinski definition) is 4. The normalized spacial score (nSPS) is 16.7. The van der Waals surface area contributed by atoms with Crippen LogP contribution in [0.15, 0.2) is 35.2 Å². The van der Waals surface area contributed by atoms with E-state index < -0.39 is 10.0 Å². The number of piperazine rings is 1. The molecule has 0 aliphatic carbocycles. The first-order valence-electron chi connectivity index (χ1n) is 9.16. The first-order chi connectivity index (χ1) is 12.4. The monoisotopic (exact) mass is 384 g/mol. The Morgan fingerprint density at radius 2 is 1.88 bits per heavy atom. The van der Waals surface area contributed by atoms with Gasteiger partial charge < -0.3 is 15.0 Å². The molecule has 1 aliphatic rings. The SMILES string of the molecule is CC(C)OCCCNC(=O)C[NH+]1CCN(S(=O)(=O)c2ccccc2)CC1. The minimum Gasteiger partial charge on any atom is -0.379 e. The molecule has 146 valence electrons. The summed E-state index contributed by atoms with van der Waals surface area (Å²) in [4.78, 5) is 13.4. The van der Waals surface area contributed by atoms with Crippen LogP contribution in [0.2, 0.25) is 0 Å². The van der Waals surface area contributed by atoms with Crippen molar-refractivity contribution in [3.63, 3.8) is 0 Å². The lowest BCUT2D eigenvalue weighted by Gasteiger charge is -2.31. The second-order valence-electron chi connectivity index (χ2n) is 6.77. The van der Waals surface area contributed by atoms with Gasteiger partial charge in [0.1, 0.15) is 0 Å². The van der Waals surface area contributed by atoms with Crippen molar-refractivity contribution in [2.45, 2.75) is 31.3 Å². The van der Waals surface area contributed by atoms with Gasteiger partial charge in [0, 0.05) is 13.2 Å². The van der Waals surface area contributed by atoms with Gasteiger partial charge >= 0.3 is 0 Å². The highest BCUT2D eigenvalue weighted by atomic mass is 32.2. The second kappa shape index (κ2) is 10.0. The minimum absolute atomic E-state index is 0.00362. The molecule has 0 saturated carbocycles. The first-order valence-corrected chi connectivity index (χ1v) is 10.6. The maximum atomic E-state index is 12.6. The summed E-state index contributed by atoms with van der Waals surface area (Å²) >= 11 is 0. The van der Waals surface area contributed by atoms with E-state index in [1.807, 2.05) is 13.8 Å². The number of carbonyl (C=O) groups excluding carboxylic acids is 1. The standard InChI is InChI=1S/C18H29N3O4S/c1-16(2)25-14-6-9-19-18(22)15-20-10-12-21(13-11-20)26(23,24)17-7-4-3-5-8-17/h3-5,7-8,16H,6,9-15H2,1-2H3,(H,19,22)/p+1. The van der Waals surface area contributed by atoms with E-state index in [0.717, 1.165) is 11.3 Å². The zero-order valence-corrected chi connectivity index (χ0v) is 16.4. The lowest BCUT2D eigenvalue weighted by Crippen LogP contribution is -3.15. The summed E-state index contributed by atoms with van der Waals surface area (Å²) in [7, 11) is -3.44. The quantitative estimate of drug-likeness (QED) is 0.563. The number of carbonyl (C=O) groups is 1. The van der Waals surface area contributed by atoms with Crippen LogP contribution >= 0.6 is 0 Å². The average molecular weight is 385 g/mol. The first kappa shape index (κ1) is 20.8. The molecule has 0 atom stereocenters. The largest absolute Gasteiger partial charge is 0.379 e. The molecule has 1 saturated heterocycles. The van der Waals surface area contributed by atoms with Crippen LogP contribution in [-0.4, -0.2) is 70.6 Å². The van der Waals surface area contributed by atoms with E-state index >= 15 is 0 Å². The molecule has 0 radical (unpaired) electrons. The van der Waals surface area contributed by atoms with E-state index in [9.17, 15) is 13.2 Å². The van der Waals surface area contributed by atoms with Crippen molar-refractivity contribution < 1.29 is 22.8 Å². The number of nitrogens with one attached hydrogen (secondary N) is 2. The van der Waals surface area contributed by atoms with Gasteiger partial charge in [0.25, 0.3) is 5.91 Å². The lowest BCUT2D eigenvalue weighted by atomic mass is 10.3. The van der Waals surface area contributed by atoms with Crippen molar-refractivity contribution in [1.29, 1.82) is 0 Å². The minimum atomic E-state index is -3.44. The number of rotatable bonds is 9. The Hall–Kier alpha value is -1.48. The third-order valence-corrected chi connectivity index (χ3v) is 6.23. The fraction of sp³-hybridized carbons (Fsp3) is 0.611. The van der Waals surface area contributed by atoms with Crippen LogP contribution in [-0.2, 0) is 19.6 Å². The molecule has 0 spiro atoms. The van der Waals surface area contributed by atoms with E-state index in [-0.39, 0.29) is 12.0 Å². The molecule has 1 aromatic carbocycles. The summed E-state index contributed by atoms with van der Waals surface area (Å²) in [5.74, 6) is 0.00362. The molecule has 0 aromatic heterocycles. The topological polar surface area (TPSA) is 80.2 Å². The highest BCUT2D eigenvalue weighted by Gasteiger charge is 2.30. The molecule has 1 heterocycles. The van der Waals surface area contributed by atoms with E-state index in [4.69, 9.17) is 4.74 Å². The Morgan fingerprint density at radius 3 is 2.50 bits per heavy atom. The molecule has 0 bridgehead atoms. The molecular weight excluding hydrogens is 354 g/mol. The molecule has 26 heavy (non-hydrogen) atoms. The molecule has 2 N–H and O–H groups in total. The number of ether oxygens (including phenoxy) is 1. The number of hydrogen-bond donors (Lipinski definition) is 2. The van der Waals surface area contributed by atoms with Gasteiger partial charge in [0.15, 0.2) is 6.54 Å². The highest BCUT2D eigenvalue weighted by molar-refractivity contribution is 7.89. The van der Waals surface area contributed by atoms with Crippen molar-refractivity contribution in [2.75, 3.05) is 45.9 Å². The molecular formula is C18H30N3O4S+. The molecule has 1 aliphatic heterocycles. The van der Waals surface area contributed by atoms with Crippen molar-refractivity contribution >= 4 is 15.9 Å².